The minimum absolute atomic E-state index is 0.431. The quantitative estimate of drug-likeness (QED) is 0.397. The maximum atomic E-state index is 13.5. The minimum atomic E-state index is -0.592. The highest BCUT2D eigenvalue weighted by Gasteiger charge is 2.25. The zero-order valence-electron chi connectivity index (χ0n) is 18.3. The summed E-state index contributed by atoms with van der Waals surface area (Å²) in [6.45, 7) is 6.93. The Balaban J connectivity index is 1.53. The van der Waals surface area contributed by atoms with Crippen LogP contribution in [0.1, 0.15) is 75.0 Å². The molecule has 3 rings (SSSR count). The summed E-state index contributed by atoms with van der Waals surface area (Å²) in [5.41, 5.74) is 4.18. The molecule has 29 heavy (non-hydrogen) atoms. The van der Waals surface area contributed by atoms with E-state index >= 15 is 0 Å². The molecule has 0 saturated heterocycles. The molecule has 1 saturated carbocycles. The molecule has 1 aliphatic rings. The highest BCUT2D eigenvalue weighted by Crippen LogP contribution is 2.36. The van der Waals surface area contributed by atoms with Crippen LogP contribution < -0.4 is 0 Å². The van der Waals surface area contributed by atoms with E-state index in [0.29, 0.717) is 18.4 Å². The number of alkyl halides is 1. The van der Waals surface area contributed by atoms with Crippen molar-refractivity contribution in [3.8, 4) is 0 Å². The Morgan fingerprint density at radius 3 is 2.24 bits per heavy atom. The summed E-state index contributed by atoms with van der Waals surface area (Å²) in [7, 11) is 0. The van der Waals surface area contributed by atoms with Crippen molar-refractivity contribution in [2.75, 3.05) is 13.1 Å². The van der Waals surface area contributed by atoms with Crippen LogP contribution in [-0.4, -0.2) is 30.2 Å². The van der Waals surface area contributed by atoms with Crippen LogP contribution in [0.3, 0.4) is 0 Å². The summed E-state index contributed by atoms with van der Waals surface area (Å²) in [6, 6.07) is 20.5. The molecule has 1 nitrogen and oxygen atoms in total. The Kier molecular flexibility index (Phi) is 8.73. The molecule has 0 amide bonds. The highest BCUT2D eigenvalue weighted by atomic mass is 19.1. The predicted octanol–water partition coefficient (Wildman–Crippen LogP) is 6.96. The molecule has 0 bridgehead atoms. The van der Waals surface area contributed by atoms with Gasteiger partial charge in [-0.2, -0.15) is 0 Å². The summed E-state index contributed by atoms with van der Waals surface area (Å²) in [5, 5.41) is 0. The molecule has 2 heteroatoms. The molecule has 0 N–H and O–H groups in total. The van der Waals surface area contributed by atoms with Gasteiger partial charge in [-0.15, -0.1) is 0 Å². The van der Waals surface area contributed by atoms with Gasteiger partial charge in [0.2, 0.25) is 0 Å². The number of hydrogen-bond acceptors (Lipinski definition) is 1. The van der Waals surface area contributed by atoms with Crippen LogP contribution >= 0.6 is 0 Å². The van der Waals surface area contributed by atoms with E-state index in [4.69, 9.17) is 0 Å². The Hall–Kier alpha value is -1.67. The van der Waals surface area contributed by atoms with E-state index in [1.165, 1.54) is 42.5 Å². The van der Waals surface area contributed by atoms with E-state index in [1.54, 1.807) is 0 Å². The fourth-order valence-corrected chi connectivity index (χ4v) is 4.85. The van der Waals surface area contributed by atoms with Crippen molar-refractivity contribution in [2.24, 2.45) is 0 Å². The number of hydrogen-bond donors (Lipinski definition) is 0. The SMILES string of the molecule is CCCN(CCc1ccccc1)C(CC)CCc1ccc(C2CCC(F)C2)cc1. The van der Waals surface area contributed by atoms with Gasteiger partial charge in [0, 0.05) is 12.6 Å². The third-order valence-corrected chi connectivity index (χ3v) is 6.61. The minimum Gasteiger partial charge on any atom is -0.300 e. The van der Waals surface area contributed by atoms with E-state index in [0.717, 1.165) is 32.2 Å². The van der Waals surface area contributed by atoms with Crippen molar-refractivity contribution in [3.63, 3.8) is 0 Å². The van der Waals surface area contributed by atoms with Crippen LogP contribution in [0.5, 0.6) is 0 Å². The lowest BCUT2D eigenvalue weighted by atomic mass is 9.95. The lowest BCUT2D eigenvalue weighted by Gasteiger charge is -2.31. The molecule has 0 aliphatic heterocycles. The average molecular weight is 396 g/mol. The van der Waals surface area contributed by atoms with Gasteiger partial charge in [-0.05, 0) is 80.5 Å². The third-order valence-electron chi connectivity index (χ3n) is 6.61. The number of halogens is 1. The molecule has 2 aromatic carbocycles. The molecular formula is C27H38FN. The number of benzene rings is 2. The second-order valence-electron chi connectivity index (χ2n) is 8.72. The number of aryl methyl sites for hydroxylation is 1. The summed E-state index contributed by atoms with van der Waals surface area (Å²) < 4.78 is 13.5. The third kappa shape index (κ3) is 6.67. The van der Waals surface area contributed by atoms with E-state index in [9.17, 15) is 4.39 Å². The maximum absolute atomic E-state index is 13.5. The van der Waals surface area contributed by atoms with Crippen molar-refractivity contribution < 1.29 is 4.39 Å². The standard InChI is InChI=1S/C27H38FN/c1-3-19-29(20-18-22-8-6-5-7-9-22)27(4-2)17-12-23-10-13-24(14-11-23)25-15-16-26(28)21-25/h5-11,13-14,25-27H,3-4,12,15-21H2,1-2H3. The summed E-state index contributed by atoms with van der Waals surface area (Å²) in [4.78, 5) is 2.70. The molecule has 0 radical (unpaired) electrons. The van der Waals surface area contributed by atoms with Crippen LogP contribution in [0.25, 0.3) is 0 Å². The molecule has 3 unspecified atom stereocenters. The molecule has 0 heterocycles. The molecular weight excluding hydrogens is 357 g/mol. The molecule has 1 fully saturated rings. The van der Waals surface area contributed by atoms with Gasteiger partial charge < -0.3 is 4.90 Å². The van der Waals surface area contributed by atoms with E-state index in [-0.39, 0.29) is 0 Å². The second kappa shape index (κ2) is 11.5. The Morgan fingerprint density at radius 2 is 1.62 bits per heavy atom. The maximum Gasteiger partial charge on any atom is 0.101 e. The van der Waals surface area contributed by atoms with Crippen molar-refractivity contribution in [3.05, 3.63) is 71.3 Å². The van der Waals surface area contributed by atoms with E-state index < -0.39 is 6.17 Å². The lowest BCUT2D eigenvalue weighted by molar-refractivity contribution is 0.183. The monoisotopic (exact) mass is 395 g/mol. The van der Waals surface area contributed by atoms with Gasteiger partial charge in [-0.1, -0.05) is 68.4 Å². The fraction of sp³-hybridized carbons (Fsp3) is 0.556. The molecule has 0 spiro atoms. The van der Waals surface area contributed by atoms with Gasteiger partial charge in [0.25, 0.3) is 0 Å². The van der Waals surface area contributed by atoms with Crippen molar-refractivity contribution in [1.82, 2.24) is 4.90 Å². The largest absolute Gasteiger partial charge is 0.300 e. The predicted molar refractivity (Wildman–Crippen MR) is 122 cm³/mol. The average Bonchev–Trinajstić information content (AvgIpc) is 3.19. The Morgan fingerprint density at radius 1 is 0.897 bits per heavy atom. The van der Waals surface area contributed by atoms with Crippen LogP contribution in [0.15, 0.2) is 54.6 Å². The van der Waals surface area contributed by atoms with Crippen molar-refractivity contribution >= 4 is 0 Å². The summed E-state index contributed by atoms with van der Waals surface area (Å²) >= 11 is 0. The first-order valence-corrected chi connectivity index (χ1v) is 11.7. The summed E-state index contributed by atoms with van der Waals surface area (Å²) in [5.74, 6) is 0.431. The normalized spacial score (nSPS) is 20.3. The van der Waals surface area contributed by atoms with Gasteiger partial charge in [0.1, 0.15) is 6.17 Å². The van der Waals surface area contributed by atoms with Crippen LogP contribution in [-0.2, 0) is 12.8 Å². The van der Waals surface area contributed by atoms with E-state index in [2.05, 4.69) is 73.3 Å². The number of rotatable bonds is 11. The molecule has 2 aromatic rings. The van der Waals surface area contributed by atoms with Gasteiger partial charge in [0.15, 0.2) is 0 Å². The smallest absolute Gasteiger partial charge is 0.101 e. The summed E-state index contributed by atoms with van der Waals surface area (Å²) in [6.07, 6.45) is 7.73. The molecule has 3 atom stereocenters. The second-order valence-corrected chi connectivity index (χ2v) is 8.72. The van der Waals surface area contributed by atoms with Gasteiger partial charge in [-0.3, -0.25) is 0 Å². The first kappa shape index (κ1) is 22.0. The van der Waals surface area contributed by atoms with Crippen LogP contribution in [0.2, 0.25) is 0 Å². The Bertz CT molecular complexity index is 696. The zero-order valence-corrected chi connectivity index (χ0v) is 18.3. The van der Waals surface area contributed by atoms with Gasteiger partial charge in [0.05, 0.1) is 0 Å². The lowest BCUT2D eigenvalue weighted by Crippen LogP contribution is -2.37. The topological polar surface area (TPSA) is 3.24 Å². The molecule has 0 aromatic heterocycles. The first-order chi connectivity index (χ1) is 14.2. The fourth-order valence-electron chi connectivity index (χ4n) is 4.85. The zero-order chi connectivity index (χ0) is 20.5. The van der Waals surface area contributed by atoms with Crippen molar-refractivity contribution in [1.29, 1.82) is 0 Å². The van der Waals surface area contributed by atoms with Crippen LogP contribution in [0, 0.1) is 0 Å². The molecule has 1 aliphatic carbocycles. The Labute approximate surface area is 177 Å². The van der Waals surface area contributed by atoms with E-state index in [1.807, 2.05) is 0 Å². The number of nitrogens with zero attached hydrogens (tertiary/aromatic N) is 1. The van der Waals surface area contributed by atoms with Crippen LogP contribution in [0.4, 0.5) is 4.39 Å². The van der Waals surface area contributed by atoms with Gasteiger partial charge >= 0.3 is 0 Å². The first-order valence-electron chi connectivity index (χ1n) is 11.7. The highest BCUT2D eigenvalue weighted by molar-refractivity contribution is 5.26. The molecule has 158 valence electrons. The van der Waals surface area contributed by atoms with Crippen molar-refractivity contribution in [2.45, 2.75) is 83.3 Å². The van der Waals surface area contributed by atoms with Gasteiger partial charge in [-0.25, -0.2) is 4.39 Å².